The second-order valence-corrected chi connectivity index (χ2v) is 7.36. The van der Waals surface area contributed by atoms with Gasteiger partial charge in [0, 0.05) is 16.5 Å². The molecule has 22 heavy (non-hydrogen) atoms. The first kappa shape index (κ1) is 15.5. The molecule has 1 saturated heterocycles. The highest BCUT2D eigenvalue weighted by Gasteiger charge is 2.52. The Hall–Kier alpha value is -1.39. The Morgan fingerprint density at radius 3 is 2.09 bits per heavy atom. The van der Waals surface area contributed by atoms with Crippen molar-refractivity contribution in [1.82, 2.24) is 4.98 Å². The zero-order chi connectivity index (χ0) is 16.3. The molecule has 0 amide bonds. The maximum absolute atomic E-state index is 6.26. The second kappa shape index (κ2) is 4.80. The molecular weight excluding hydrogens is 273 g/mol. The third kappa shape index (κ3) is 2.25. The van der Waals surface area contributed by atoms with E-state index in [2.05, 4.69) is 59.7 Å². The monoisotopic (exact) mass is 297 g/mol. The molecule has 1 fully saturated rings. The molecule has 0 saturated carbocycles. The lowest BCUT2D eigenvalue weighted by Crippen LogP contribution is -2.41. The van der Waals surface area contributed by atoms with Crippen LogP contribution in [0.4, 0.5) is 0 Å². The number of benzene rings is 1. The Morgan fingerprint density at radius 2 is 1.50 bits per heavy atom. The van der Waals surface area contributed by atoms with Gasteiger partial charge in [0.2, 0.25) is 0 Å². The molecule has 1 aromatic heterocycles. The van der Waals surface area contributed by atoms with Crippen LogP contribution in [0.5, 0.6) is 0 Å². The first-order valence-corrected chi connectivity index (χ1v) is 7.85. The minimum atomic E-state index is -0.373. The molecule has 3 nitrogen and oxygen atoms in total. The molecule has 2 aromatic rings. The maximum Gasteiger partial charge on any atom is 0.497 e. The topological polar surface area (TPSA) is 31.4 Å². The zero-order valence-corrected chi connectivity index (χ0v) is 14.6. The summed E-state index contributed by atoms with van der Waals surface area (Å²) in [6, 6.07) is 6.39. The van der Waals surface area contributed by atoms with E-state index in [0.717, 1.165) is 16.7 Å². The van der Waals surface area contributed by atoms with Crippen LogP contribution >= 0.6 is 0 Å². The largest absolute Gasteiger partial charge is 0.497 e. The minimum Gasteiger partial charge on any atom is -0.399 e. The van der Waals surface area contributed by atoms with Gasteiger partial charge in [-0.2, -0.15) is 0 Å². The van der Waals surface area contributed by atoms with Gasteiger partial charge in [-0.1, -0.05) is 12.1 Å². The van der Waals surface area contributed by atoms with E-state index in [1.807, 2.05) is 6.92 Å². The van der Waals surface area contributed by atoms with Crippen molar-refractivity contribution in [2.24, 2.45) is 0 Å². The van der Waals surface area contributed by atoms with Crippen molar-refractivity contribution in [2.45, 2.75) is 59.7 Å². The van der Waals surface area contributed by atoms with Gasteiger partial charge in [0.1, 0.15) is 0 Å². The fourth-order valence-corrected chi connectivity index (χ4v) is 3.01. The molecule has 0 N–H and O–H groups in total. The molecule has 3 rings (SSSR count). The van der Waals surface area contributed by atoms with Crippen LogP contribution in [0.2, 0.25) is 0 Å². The normalized spacial score (nSPS) is 19.9. The predicted molar refractivity (Wildman–Crippen MR) is 91.7 cm³/mol. The standard InChI is InChI=1S/C18H24BNO2/c1-11-10-12(2)15(16-14(11)9-8-13(3)20-16)19-21-17(4,5)18(6,7)22-19/h8-10H,1-7H3. The lowest BCUT2D eigenvalue weighted by molar-refractivity contribution is 0.00578. The molecule has 0 spiro atoms. The molecule has 1 aromatic carbocycles. The number of nitrogens with zero attached hydrogens (tertiary/aromatic N) is 1. The summed E-state index contributed by atoms with van der Waals surface area (Å²) in [5.41, 5.74) is 4.78. The Labute approximate surface area is 133 Å². The lowest BCUT2D eigenvalue weighted by Gasteiger charge is -2.32. The van der Waals surface area contributed by atoms with Crippen molar-refractivity contribution < 1.29 is 9.31 Å². The summed E-state index contributed by atoms with van der Waals surface area (Å²) < 4.78 is 12.5. The van der Waals surface area contributed by atoms with E-state index in [1.165, 1.54) is 16.5 Å². The summed E-state index contributed by atoms with van der Waals surface area (Å²) in [7, 11) is -0.373. The third-order valence-corrected chi connectivity index (χ3v) is 5.06. The van der Waals surface area contributed by atoms with Crippen molar-refractivity contribution in [3.05, 3.63) is 35.0 Å². The van der Waals surface area contributed by atoms with Gasteiger partial charge in [-0.05, 0) is 65.7 Å². The molecule has 4 heteroatoms. The summed E-state index contributed by atoms with van der Waals surface area (Å²) in [4.78, 5) is 4.78. The van der Waals surface area contributed by atoms with E-state index < -0.39 is 0 Å². The average Bonchev–Trinajstić information content (AvgIpc) is 2.57. The quantitative estimate of drug-likeness (QED) is 0.755. The Kier molecular flexibility index (Phi) is 3.39. The van der Waals surface area contributed by atoms with Crippen molar-refractivity contribution in [2.75, 3.05) is 0 Å². The number of hydrogen-bond acceptors (Lipinski definition) is 3. The second-order valence-electron chi connectivity index (χ2n) is 7.36. The molecule has 1 aliphatic heterocycles. The number of aryl methyl sites for hydroxylation is 3. The summed E-state index contributed by atoms with van der Waals surface area (Å²) >= 11 is 0. The molecule has 1 aliphatic rings. The summed E-state index contributed by atoms with van der Waals surface area (Å²) in [5, 5.41) is 1.17. The van der Waals surface area contributed by atoms with E-state index >= 15 is 0 Å². The van der Waals surface area contributed by atoms with Crippen LogP contribution in [-0.4, -0.2) is 23.3 Å². The van der Waals surface area contributed by atoms with E-state index in [9.17, 15) is 0 Å². The van der Waals surface area contributed by atoms with Gasteiger partial charge in [-0.25, -0.2) is 0 Å². The van der Waals surface area contributed by atoms with Gasteiger partial charge < -0.3 is 9.31 Å². The van der Waals surface area contributed by atoms with E-state index in [0.29, 0.717) is 0 Å². The number of rotatable bonds is 1. The van der Waals surface area contributed by atoms with Crippen LogP contribution in [0.1, 0.15) is 44.5 Å². The fraction of sp³-hybridized carbons (Fsp3) is 0.500. The number of hydrogen-bond donors (Lipinski definition) is 0. The maximum atomic E-state index is 6.26. The van der Waals surface area contributed by atoms with Crippen LogP contribution in [0, 0.1) is 20.8 Å². The summed E-state index contributed by atoms with van der Waals surface area (Å²) in [6.45, 7) is 14.6. The third-order valence-electron chi connectivity index (χ3n) is 5.06. The van der Waals surface area contributed by atoms with E-state index in [4.69, 9.17) is 14.3 Å². The molecular formula is C18H24BNO2. The molecule has 0 unspecified atom stereocenters. The molecule has 2 heterocycles. The number of aromatic nitrogens is 1. The van der Waals surface area contributed by atoms with Crippen LogP contribution in [0.3, 0.4) is 0 Å². The van der Waals surface area contributed by atoms with Crippen LogP contribution in [0.15, 0.2) is 18.2 Å². The van der Waals surface area contributed by atoms with Crippen LogP contribution < -0.4 is 5.46 Å². The van der Waals surface area contributed by atoms with Crippen molar-refractivity contribution >= 4 is 23.5 Å². The van der Waals surface area contributed by atoms with Gasteiger partial charge in [-0.3, -0.25) is 4.98 Å². The highest BCUT2D eigenvalue weighted by atomic mass is 16.7. The predicted octanol–water partition coefficient (Wildman–Crippen LogP) is 3.46. The molecule has 116 valence electrons. The lowest BCUT2D eigenvalue weighted by atomic mass is 9.74. The Morgan fingerprint density at radius 1 is 0.909 bits per heavy atom. The van der Waals surface area contributed by atoms with Gasteiger partial charge in [-0.15, -0.1) is 0 Å². The Balaban J connectivity index is 2.22. The highest BCUT2D eigenvalue weighted by Crippen LogP contribution is 2.37. The first-order chi connectivity index (χ1) is 10.1. The first-order valence-electron chi connectivity index (χ1n) is 7.85. The highest BCUT2D eigenvalue weighted by molar-refractivity contribution is 6.65. The molecule has 0 aliphatic carbocycles. The summed E-state index contributed by atoms with van der Waals surface area (Å²) in [6.07, 6.45) is 0. The van der Waals surface area contributed by atoms with Crippen molar-refractivity contribution in [3.63, 3.8) is 0 Å². The SMILES string of the molecule is Cc1ccc2c(C)cc(C)c(B3OC(C)(C)C(C)(C)O3)c2n1. The van der Waals surface area contributed by atoms with Crippen molar-refractivity contribution in [3.8, 4) is 0 Å². The van der Waals surface area contributed by atoms with Gasteiger partial charge in [0.25, 0.3) is 0 Å². The van der Waals surface area contributed by atoms with Gasteiger partial charge >= 0.3 is 7.12 Å². The molecule has 0 bridgehead atoms. The van der Waals surface area contributed by atoms with Gasteiger partial charge in [0.05, 0.1) is 16.7 Å². The number of fused-ring (bicyclic) bond motifs is 1. The molecule has 0 atom stereocenters. The smallest absolute Gasteiger partial charge is 0.399 e. The van der Waals surface area contributed by atoms with E-state index in [-0.39, 0.29) is 18.3 Å². The fourth-order valence-electron chi connectivity index (χ4n) is 3.01. The van der Waals surface area contributed by atoms with Crippen molar-refractivity contribution in [1.29, 1.82) is 0 Å². The van der Waals surface area contributed by atoms with Crippen LogP contribution in [-0.2, 0) is 9.31 Å². The van der Waals surface area contributed by atoms with Crippen LogP contribution in [0.25, 0.3) is 10.9 Å². The Bertz CT molecular complexity index is 736. The minimum absolute atomic E-state index is 0.342. The van der Waals surface area contributed by atoms with Gasteiger partial charge in [0.15, 0.2) is 0 Å². The average molecular weight is 297 g/mol. The van der Waals surface area contributed by atoms with E-state index in [1.54, 1.807) is 0 Å². The zero-order valence-electron chi connectivity index (χ0n) is 14.6. The number of pyridine rings is 1. The molecule has 0 radical (unpaired) electrons. The summed E-state index contributed by atoms with van der Waals surface area (Å²) in [5.74, 6) is 0.